The molecule has 0 fully saturated rings. The maximum atomic E-state index is 11.4. The van der Waals surface area contributed by atoms with Gasteiger partial charge in [-0.25, -0.2) is 4.79 Å². The number of nitrogens with one attached hydrogen (secondary N) is 1. The van der Waals surface area contributed by atoms with Gasteiger partial charge in [0.2, 0.25) is 0 Å². The number of nitrogens with zero attached hydrogens (tertiary/aromatic N) is 3. The van der Waals surface area contributed by atoms with Gasteiger partial charge < -0.3 is 5.11 Å². The van der Waals surface area contributed by atoms with Crippen LogP contribution < -0.4 is 5.32 Å². The fraction of sp³-hybridized carbons (Fsp3) is 0.417. The second kappa shape index (κ2) is 6.64. The predicted octanol–water partition coefficient (Wildman–Crippen LogP) is 2.28. The van der Waals surface area contributed by atoms with Crippen LogP contribution in [0.4, 0.5) is 0 Å². The van der Waals surface area contributed by atoms with Gasteiger partial charge in [-0.2, -0.15) is 0 Å². The molecule has 0 heterocycles. The van der Waals surface area contributed by atoms with Crippen LogP contribution in [0.5, 0.6) is 0 Å². The monoisotopic (exact) mass is 248 g/mol. The summed E-state index contributed by atoms with van der Waals surface area (Å²) in [4.78, 5) is 14.0. The summed E-state index contributed by atoms with van der Waals surface area (Å²) in [5.74, 6) is -0.933. The smallest absolute Gasteiger partial charge is 0.328 e. The first-order valence-electron chi connectivity index (χ1n) is 5.66. The Labute approximate surface area is 105 Å². The zero-order valence-electron chi connectivity index (χ0n) is 10.2. The molecule has 0 amide bonds. The molecule has 1 rings (SSSR count). The molecule has 0 aliphatic heterocycles. The molecule has 0 aliphatic carbocycles. The first-order chi connectivity index (χ1) is 8.61. The number of carboxylic acid groups (broad SMARTS) is 1. The van der Waals surface area contributed by atoms with Crippen molar-refractivity contribution in [3.63, 3.8) is 0 Å². The van der Waals surface area contributed by atoms with Crippen LogP contribution >= 0.6 is 0 Å². The van der Waals surface area contributed by atoms with Crippen LogP contribution in [0.15, 0.2) is 35.4 Å². The second-order valence-corrected chi connectivity index (χ2v) is 4.03. The van der Waals surface area contributed by atoms with Crippen molar-refractivity contribution in [1.29, 1.82) is 0 Å². The second-order valence-electron chi connectivity index (χ2n) is 4.03. The van der Waals surface area contributed by atoms with Crippen molar-refractivity contribution >= 4 is 5.97 Å². The normalized spacial score (nSPS) is 13.4. The van der Waals surface area contributed by atoms with E-state index in [0.717, 1.165) is 0 Å². The number of hydrogen-bond acceptors (Lipinski definition) is 3. The highest BCUT2D eigenvalue weighted by Crippen LogP contribution is 2.20. The third kappa shape index (κ3) is 3.48. The molecule has 6 heteroatoms. The number of azide groups is 1. The van der Waals surface area contributed by atoms with Crippen LogP contribution in [0.1, 0.15) is 18.9 Å². The van der Waals surface area contributed by atoms with Crippen LogP contribution in [0.2, 0.25) is 0 Å². The van der Waals surface area contributed by atoms with Crippen molar-refractivity contribution in [1.82, 2.24) is 5.32 Å². The molecule has 0 spiro atoms. The van der Waals surface area contributed by atoms with Crippen LogP contribution in [0.25, 0.3) is 10.4 Å². The average molecular weight is 248 g/mol. The molecule has 0 saturated heterocycles. The lowest BCUT2D eigenvalue weighted by molar-refractivity contribution is -0.144. The fourth-order valence-corrected chi connectivity index (χ4v) is 1.61. The van der Waals surface area contributed by atoms with E-state index in [1.54, 1.807) is 31.2 Å². The highest BCUT2D eigenvalue weighted by molar-refractivity contribution is 5.80. The zero-order valence-corrected chi connectivity index (χ0v) is 10.2. The molecule has 2 N–H and O–H groups in total. The summed E-state index contributed by atoms with van der Waals surface area (Å²) in [5, 5.41) is 15.7. The molecule has 0 aliphatic rings. The Balaban J connectivity index is 2.70. The number of carboxylic acids is 1. The molecule has 6 nitrogen and oxygen atoms in total. The predicted molar refractivity (Wildman–Crippen MR) is 68.1 cm³/mol. The summed E-state index contributed by atoms with van der Waals surface area (Å²) < 4.78 is 0. The van der Waals surface area contributed by atoms with Crippen LogP contribution in [0.3, 0.4) is 0 Å². The van der Waals surface area contributed by atoms with Gasteiger partial charge in [-0.05, 0) is 31.0 Å². The summed E-state index contributed by atoms with van der Waals surface area (Å²) in [7, 11) is 0. The van der Waals surface area contributed by atoms with Gasteiger partial charge >= 0.3 is 5.97 Å². The third-order valence-corrected chi connectivity index (χ3v) is 2.76. The van der Waals surface area contributed by atoms with E-state index in [4.69, 9.17) is 5.53 Å². The van der Waals surface area contributed by atoms with E-state index in [9.17, 15) is 9.90 Å². The third-order valence-electron chi connectivity index (χ3n) is 2.76. The van der Waals surface area contributed by atoms with Crippen molar-refractivity contribution in [2.24, 2.45) is 5.11 Å². The highest BCUT2D eigenvalue weighted by atomic mass is 16.4. The molecule has 1 atom stereocenters. The molecule has 1 aromatic carbocycles. The number of benzene rings is 1. The van der Waals surface area contributed by atoms with Gasteiger partial charge in [-0.15, -0.1) is 0 Å². The van der Waals surface area contributed by atoms with Gasteiger partial charge in [0.25, 0.3) is 0 Å². The van der Waals surface area contributed by atoms with E-state index in [1.165, 1.54) is 0 Å². The average Bonchev–Trinajstić information content (AvgIpc) is 2.39. The van der Waals surface area contributed by atoms with E-state index in [-0.39, 0.29) is 0 Å². The summed E-state index contributed by atoms with van der Waals surface area (Å²) in [5.41, 5.74) is 7.70. The summed E-state index contributed by atoms with van der Waals surface area (Å²) in [6.45, 7) is 2.45. The van der Waals surface area contributed by atoms with Crippen molar-refractivity contribution in [3.8, 4) is 0 Å². The van der Waals surface area contributed by atoms with Crippen LogP contribution in [-0.2, 0) is 10.3 Å². The van der Waals surface area contributed by atoms with Crippen LogP contribution in [-0.4, -0.2) is 24.2 Å². The minimum absolute atomic E-state index is 0.355. The topological polar surface area (TPSA) is 98.1 Å². The molecule has 96 valence electrons. The van der Waals surface area contributed by atoms with E-state index in [0.29, 0.717) is 25.1 Å². The fourth-order valence-electron chi connectivity index (χ4n) is 1.61. The zero-order chi connectivity index (χ0) is 13.4. The quantitative estimate of drug-likeness (QED) is 0.335. The van der Waals surface area contributed by atoms with Gasteiger partial charge in [0.15, 0.2) is 0 Å². The lowest BCUT2D eigenvalue weighted by atomic mass is 9.92. The maximum Gasteiger partial charge on any atom is 0.328 e. The van der Waals surface area contributed by atoms with E-state index >= 15 is 0 Å². The highest BCUT2D eigenvalue weighted by Gasteiger charge is 2.34. The summed E-state index contributed by atoms with van der Waals surface area (Å²) in [6.07, 6.45) is 0.597. The number of carbonyl (C=O) groups is 1. The molecular formula is C12H16N4O2. The standard InChI is InChI=1S/C12H16N4O2/c1-12(11(17)18,10-6-3-2-4-7-10)14-8-5-9-15-16-13/h2-4,6-7,14H,5,8-9H2,1H3,(H,17,18). The SMILES string of the molecule is CC(NCCCN=[N+]=[N-])(C(=O)O)c1ccccc1. The Hall–Kier alpha value is -2.04. The van der Waals surface area contributed by atoms with Crippen molar-refractivity contribution in [2.45, 2.75) is 18.9 Å². The molecule has 0 bridgehead atoms. The van der Waals surface area contributed by atoms with Gasteiger partial charge in [0.05, 0.1) is 0 Å². The van der Waals surface area contributed by atoms with Gasteiger partial charge in [-0.3, -0.25) is 5.32 Å². The summed E-state index contributed by atoms with van der Waals surface area (Å²) in [6, 6.07) is 8.99. The van der Waals surface area contributed by atoms with E-state index in [1.807, 2.05) is 6.07 Å². The largest absolute Gasteiger partial charge is 0.480 e. The Morgan fingerprint density at radius 3 is 2.72 bits per heavy atom. The Morgan fingerprint density at radius 2 is 2.17 bits per heavy atom. The van der Waals surface area contributed by atoms with Gasteiger partial charge in [0, 0.05) is 11.5 Å². The Kier molecular flexibility index (Phi) is 5.17. The van der Waals surface area contributed by atoms with E-state index < -0.39 is 11.5 Å². The minimum atomic E-state index is -1.13. The lowest BCUT2D eigenvalue weighted by Gasteiger charge is -2.26. The Bertz CT molecular complexity index is 443. The van der Waals surface area contributed by atoms with E-state index in [2.05, 4.69) is 15.3 Å². The molecule has 1 unspecified atom stereocenters. The molecule has 0 aromatic heterocycles. The molecule has 0 radical (unpaired) electrons. The Morgan fingerprint density at radius 1 is 1.50 bits per heavy atom. The summed E-state index contributed by atoms with van der Waals surface area (Å²) >= 11 is 0. The van der Waals surface area contributed by atoms with Gasteiger partial charge in [-0.1, -0.05) is 35.4 Å². The van der Waals surface area contributed by atoms with Crippen molar-refractivity contribution < 1.29 is 9.90 Å². The molecule has 0 saturated carbocycles. The lowest BCUT2D eigenvalue weighted by Crippen LogP contribution is -2.47. The molecule has 18 heavy (non-hydrogen) atoms. The number of rotatable bonds is 7. The minimum Gasteiger partial charge on any atom is -0.480 e. The number of aliphatic carboxylic acids is 1. The first-order valence-corrected chi connectivity index (χ1v) is 5.66. The van der Waals surface area contributed by atoms with Crippen molar-refractivity contribution in [2.75, 3.05) is 13.1 Å². The van der Waals surface area contributed by atoms with Gasteiger partial charge in [0.1, 0.15) is 5.54 Å². The first kappa shape index (κ1) is 14.0. The molecule has 1 aromatic rings. The number of hydrogen-bond donors (Lipinski definition) is 2. The molecular weight excluding hydrogens is 232 g/mol. The van der Waals surface area contributed by atoms with Crippen LogP contribution in [0, 0.1) is 0 Å². The maximum absolute atomic E-state index is 11.4. The van der Waals surface area contributed by atoms with Crippen molar-refractivity contribution in [3.05, 3.63) is 46.3 Å².